The smallest absolute Gasteiger partial charge is 0.254 e. The van der Waals surface area contributed by atoms with Crippen LogP contribution < -0.4 is 15.2 Å². The average molecular weight is 440 g/mol. The number of nitrogens with zero attached hydrogens (tertiary/aromatic N) is 2. The first-order valence-corrected chi connectivity index (χ1v) is 12.7. The lowest BCUT2D eigenvalue weighted by atomic mass is 9.92. The van der Waals surface area contributed by atoms with Crippen molar-refractivity contribution in [1.82, 2.24) is 4.57 Å². The van der Waals surface area contributed by atoms with Gasteiger partial charge in [0.2, 0.25) is 10.0 Å². The van der Waals surface area contributed by atoms with Crippen molar-refractivity contribution in [3.63, 3.8) is 0 Å². The number of allylic oxidation sites excluding steroid dienone is 1. The number of aromatic nitrogens is 1. The second kappa shape index (κ2) is 7.26. The highest BCUT2D eigenvalue weighted by Crippen LogP contribution is 2.53. The predicted molar refractivity (Wildman–Crippen MR) is 126 cm³/mol. The number of fused-ring (bicyclic) bond motifs is 1. The van der Waals surface area contributed by atoms with Gasteiger partial charge in [-0.15, -0.1) is 0 Å². The number of piperidine rings is 1. The van der Waals surface area contributed by atoms with Crippen molar-refractivity contribution in [2.24, 2.45) is 12.5 Å². The van der Waals surface area contributed by atoms with Gasteiger partial charge in [0.15, 0.2) is 0 Å². The van der Waals surface area contributed by atoms with Crippen LogP contribution in [0.3, 0.4) is 0 Å². The first-order valence-electron chi connectivity index (χ1n) is 11.1. The molecule has 7 heteroatoms. The molecule has 0 amide bonds. The molecule has 3 aliphatic rings. The summed E-state index contributed by atoms with van der Waals surface area (Å²) < 4.78 is 28.8. The van der Waals surface area contributed by atoms with Gasteiger partial charge in [-0.1, -0.05) is 12.2 Å². The Morgan fingerprint density at radius 2 is 1.97 bits per heavy atom. The molecule has 2 aliphatic carbocycles. The SMILES string of the molecule is CCS(=O)(=O)Nc1ccc(N2CCCC3(CC3)C2)c(-c2cn(C)c(=O)c3c2C=CC3)c1. The summed E-state index contributed by atoms with van der Waals surface area (Å²) in [5.41, 5.74) is 5.89. The number of hydrogen-bond acceptors (Lipinski definition) is 4. The maximum Gasteiger partial charge on any atom is 0.254 e. The van der Waals surface area contributed by atoms with Crippen LogP contribution in [0.5, 0.6) is 0 Å². The van der Waals surface area contributed by atoms with Crippen LogP contribution in [0.1, 0.15) is 43.7 Å². The van der Waals surface area contributed by atoms with Crippen molar-refractivity contribution in [3.8, 4) is 11.1 Å². The highest BCUT2D eigenvalue weighted by atomic mass is 32.2. The van der Waals surface area contributed by atoms with Gasteiger partial charge in [0.05, 0.1) is 5.75 Å². The summed E-state index contributed by atoms with van der Waals surface area (Å²) in [6, 6.07) is 5.83. The summed E-state index contributed by atoms with van der Waals surface area (Å²) in [6.07, 6.45) is 11.7. The number of nitrogens with one attached hydrogen (secondary N) is 1. The number of hydrogen-bond donors (Lipinski definition) is 1. The van der Waals surface area contributed by atoms with Crippen LogP contribution >= 0.6 is 0 Å². The third kappa shape index (κ3) is 3.69. The summed E-state index contributed by atoms with van der Waals surface area (Å²) in [5, 5.41) is 0. The van der Waals surface area contributed by atoms with Gasteiger partial charge in [-0.2, -0.15) is 0 Å². The van der Waals surface area contributed by atoms with Gasteiger partial charge < -0.3 is 9.47 Å². The van der Waals surface area contributed by atoms with Gasteiger partial charge in [0.25, 0.3) is 5.56 Å². The molecule has 31 heavy (non-hydrogen) atoms. The first kappa shape index (κ1) is 20.4. The molecule has 0 radical (unpaired) electrons. The number of pyridine rings is 1. The van der Waals surface area contributed by atoms with Crippen LogP contribution in [0.15, 0.2) is 35.3 Å². The van der Waals surface area contributed by atoms with E-state index in [0.717, 1.165) is 41.0 Å². The van der Waals surface area contributed by atoms with Crippen LogP contribution in [-0.2, 0) is 23.5 Å². The van der Waals surface area contributed by atoms with E-state index >= 15 is 0 Å². The van der Waals surface area contributed by atoms with Gasteiger partial charge in [-0.25, -0.2) is 8.42 Å². The molecule has 2 aromatic rings. The average Bonchev–Trinajstić information content (AvgIpc) is 3.30. The van der Waals surface area contributed by atoms with Crippen molar-refractivity contribution in [2.45, 2.75) is 39.0 Å². The summed E-state index contributed by atoms with van der Waals surface area (Å²) >= 11 is 0. The zero-order valence-electron chi connectivity index (χ0n) is 18.1. The van der Waals surface area contributed by atoms with Crippen LogP contribution in [-0.4, -0.2) is 31.8 Å². The molecule has 0 unspecified atom stereocenters. The minimum Gasteiger partial charge on any atom is -0.370 e. The van der Waals surface area contributed by atoms with E-state index in [1.54, 1.807) is 18.5 Å². The van der Waals surface area contributed by atoms with Crippen molar-refractivity contribution >= 4 is 27.5 Å². The zero-order valence-corrected chi connectivity index (χ0v) is 19.0. The van der Waals surface area contributed by atoms with E-state index < -0.39 is 10.0 Å². The molecule has 6 nitrogen and oxygen atoms in total. The fourth-order valence-electron chi connectivity index (χ4n) is 5.05. The Balaban J connectivity index is 1.67. The molecule has 1 saturated carbocycles. The molecule has 2 fully saturated rings. The second-order valence-corrected chi connectivity index (χ2v) is 11.2. The van der Waals surface area contributed by atoms with Gasteiger partial charge in [0.1, 0.15) is 0 Å². The molecule has 0 bridgehead atoms. The van der Waals surface area contributed by atoms with Crippen LogP contribution in [0.2, 0.25) is 0 Å². The summed E-state index contributed by atoms with van der Waals surface area (Å²) in [6.45, 7) is 3.67. The molecular weight excluding hydrogens is 410 g/mol. The Morgan fingerprint density at radius 3 is 2.71 bits per heavy atom. The minimum atomic E-state index is -3.38. The van der Waals surface area contributed by atoms with E-state index in [-0.39, 0.29) is 11.3 Å². The number of anilines is 2. The molecule has 2 heterocycles. The Bertz CT molecular complexity index is 1240. The summed E-state index contributed by atoms with van der Waals surface area (Å²) in [5.74, 6) is 0.0245. The van der Waals surface area contributed by atoms with Crippen LogP contribution in [0.4, 0.5) is 11.4 Å². The molecule has 1 aliphatic heterocycles. The van der Waals surface area contributed by atoms with E-state index in [4.69, 9.17) is 0 Å². The van der Waals surface area contributed by atoms with Crippen molar-refractivity contribution in [2.75, 3.05) is 28.5 Å². The summed E-state index contributed by atoms with van der Waals surface area (Å²) in [4.78, 5) is 15.1. The normalized spacial score (nSPS) is 19.0. The van der Waals surface area contributed by atoms with Crippen LogP contribution in [0, 0.1) is 5.41 Å². The highest BCUT2D eigenvalue weighted by molar-refractivity contribution is 7.92. The lowest BCUT2D eigenvalue weighted by Gasteiger charge is -2.36. The molecule has 1 aromatic carbocycles. The molecule has 5 rings (SSSR count). The third-order valence-corrected chi connectivity index (χ3v) is 8.33. The Kier molecular flexibility index (Phi) is 4.77. The Labute approximate surface area is 183 Å². The van der Waals surface area contributed by atoms with Gasteiger partial charge >= 0.3 is 0 Å². The topological polar surface area (TPSA) is 71.4 Å². The minimum absolute atomic E-state index is 0.0245. The van der Waals surface area contributed by atoms with E-state index in [2.05, 4.69) is 9.62 Å². The number of benzene rings is 1. The first-order chi connectivity index (χ1) is 14.8. The van der Waals surface area contributed by atoms with Crippen molar-refractivity contribution < 1.29 is 8.42 Å². The maximum absolute atomic E-state index is 12.6. The predicted octanol–water partition coefficient (Wildman–Crippen LogP) is 3.76. The van der Waals surface area contributed by atoms with E-state index in [1.165, 1.54) is 25.7 Å². The van der Waals surface area contributed by atoms with Gasteiger partial charge in [-0.05, 0) is 68.2 Å². The van der Waals surface area contributed by atoms with Gasteiger partial charge in [0, 0.05) is 54.4 Å². The highest BCUT2D eigenvalue weighted by Gasteiger charge is 2.45. The lowest BCUT2D eigenvalue weighted by molar-refractivity contribution is 0.395. The fourth-order valence-corrected chi connectivity index (χ4v) is 5.68. The monoisotopic (exact) mass is 439 g/mol. The molecule has 1 spiro atoms. The molecule has 1 aromatic heterocycles. The Hall–Kier alpha value is -2.54. The fraction of sp³-hybridized carbons (Fsp3) is 0.458. The van der Waals surface area contributed by atoms with E-state index in [0.29, 0.717) is 17.5 Å². The molecule has 1 saturated heterocycles. The summed E-state index contributed by atoms with van der Waals surface area (Å²) in [7, 11) is -1.59. The van der Waals surface area contributed by atoms with E-state index in [9.17, 15) is 13.2 Å². The standard InChI is InChI=1S/C24H29N3O3S/c1-3-31(29,30)25-17-8-9-22(27-13-5-10-24(16-27)11-12-24)20(14-17)21-15-26(2)23(28)19-7-4-6-18(19)21/h4,6,8-9,14-15,25H,3,5,7,10-13,16H2,1-2H3. The number of aryl methyl sites for hydroxylation is 1. The lowest BCUT2D eigenvalue weighted by Crippen LogP contribution is -2.36. The molecule has 164 valence electrons. The number of rotatable bonds is 5. The zero-order chi connectivity index (χ0) is 21.8. The van der Waals surface area contributed by atoms with Crippen LogP contribution in [0.25, 0.3) is 17.2 Å². The van der Waals surface area contributed by atoms with Crippen molar-refractivity contribution in [1.29, 1.82) is 0 Å². The van der Waals surface area contributed by atoms with Crippen molar-refractivity contribution in [3.05, 3.63) is 52.0 Å². The molecular formula is C24H29N3O3S. The largest absolute Gasteiger partial charge is 0.370 e. The molecule has 1 N–H and O–H groups in total. The van der Waals surface area contributed by atoms with Gasteiger partial charge in [-0.3, -0.25) is 9.52 Å². The third-order valence-electron chi connectivity index (χ3n) is 7.02. The maximum atomic E-state index is 12.6. The quantitative estimate of drug-likeness (QED) is 0.770. The second-order valence-electron chi connectivity index (χ2n) is 9.22. The Morgan fingerprint density at radius 1 is 1.16 bits per heavy atom. The number of sulfonamides is 1. The molecule has 0 atom stereocenters. The van der Waals surface area contributed by atoms with E-state index in [1.807, 2.05) is 36.5 Å².